The normalized spacial score (nSPS) is 41.8. The van der Waals surface area contributed by atoms with Gasteiger partial charge in [0.05, 0.1) is 6.10 Å². The van der Waals surface area contributed by atoms with Crippen LogP contribution in [-0.2, 0) is 0 Å². The molecule has 0 radical (unpaired) electrons. The van der Waals surface area contributed by atoms with Gasteiger partial charge in [-0.05, 0) is 118 Å². The molecule has 3 saturated carbocycles. The Kier molecular flexibility index (Phi) is 6.71. The molecule has 4 fully saturated rings. The van der Waals surface area contributed by atoms with Crippen LogP contribution in [0.2, 0.25) is 0 Å². The lowest BCUT2D eigenvalue weighted by Crippen LogP contribution is -2.38. The summed E-state index contributed by atoms with van der Waals surface area (Å²) in [5, 5.41) is 10.1. The first-order valence-electron chi connectivity index (χ1n) is 12.5. The second-order valence-corrected chi connectivity index (χ2v) is 10.9. The molecule has 1 heterocycles. The van der Waals surface area contributed by atoms with E-state index in [0.717, 1.165) is 42.6 Å². The average molecular weight is 398 g/mol. The Morgan fingerprint density at radius 2 is 1.97 bits per heavy atom. The molecule has 0 aromatic rings. The van der Waals surface area contributed by atoms with Gasteiger partial charge in [-0.3, -0.25) is 0 Å². The predicted molar refractivity (Wildman–Crippen MR) is 123 cm³/mol. The van der Waals surface area contributed by atoms with Gasteiger partial charge in [0.15, 0.2) is 0 Å². The molecule has 4 rings (SSSR count). The van der Waals surface area contributed by atoms with Crippen LogP contribution in [0.3, 0.4) is 0 Å². The van der Waals surface area contributed by atoms with E-state index >= 15 is 0 Å². The summed E-state index contributed by atoms with van der Waals surface area (Å²) in [5.74, 6) is 2.56. The number of aliphatic hydroxyl groups is 1. The second kappa shape index (κ2) is 9.10. The zero-order valence-electron chi connectivity index (χ0n) is 19.0. The zero-order valence-corrected chi connectivity index (χ0v) is 19.0. The lowest BCUT2D eigenvalue weighted by atomic mass is 9.63. The summed E-state index contributed by atoms with van der Waals surface area (Å²) in [6, 6.07) is 0. The minimum Gasteiger partial charge on any atom is -0.388 e. The molecule has 162 valence electrons. The lowest BCUT2D eigenvalue weighted by molar-refractivity contribution is 0.106. The number of piperidine rings is 1. The highest BCUT2D eigenvalue weighted by Gasteiger charge is 2.48. The summed E-state index contributed by atoms with van der Waals surface area (Å²) < 4.78 is 0. The molecule has 1 aliphatic heterocycles. The summed E-state index contributed by atoms with van der Waals surface area (Å²) in [4.78, 5) is 2.74. The van der Waals surface area contributed by atoms with Crippen molar-refractivity contribution in [2.45, 2.75) is 90.6 Å². The van der Waals surface area contributed by atoms with E-state index in [-0.39, 0.29) is 6.10 Å². The summed E-state index contributed by atoms with van der Waals surface area (Å²) in [5.41, 5.74) is 4.45. The van der Waals surface area contributed by atoms with Crippen molar-refractivity contribution in [2.24, 2.45) is 23.2 Å². The number of nitrogens with zero attached hydrogens (tertiary/aromatic N) is 1. The Balaban J connectivity index is 1.41. The quantitative estimate of drug-likeness (QED) is 0.603. The molecule has 1 saturated heterocycles. The van der Waals surface area contributed by atoms with E-state index in [4.69, 9.17) is 0 Å². The molecular weight excluding hydrogens is 354 g/mol. The molecule has 29 heavy (non-hydrogen) atoms. The topological polar surface area (TPSA) is 23.5 Å². The molecule has 5 atom stereocenters. The van der Waals surface area contributed by atoms with Crippen LogP contribution in [-0.4, -0.2) is 35.7 Å². The van der Waals surface area contributed by atoms with Gasteiger partial charge in [0.1, 0.15) is 0 Å². The van der Waals surface area contributed by atoms with Crippen molar-refractivity contribution in [1.82, 2.24) is 4.90 Å². The minimum absolute atomic E-state index is 0.321. The molecule has 2 nitrogen and oxygen atoms in total. The van der Waals surface area contributed by atoms with Gasteiger partial charge in [-0.25, -0.2) is 0 Å². The van der Waals surface area contributed by atoms with Crippen LogP contribution in [0, 0.1) is 23.2 Å². The largest absolute Gasteiger partial charge is 0.388 e. The Bertz CT molecular complexity index is 661. The average Bonchev–Trinajstić information content (AvgIpc) is 3.04. The molecule has 1 N–H and O–H groups in total. The maximum Gasteiger partial charge on any atom is 0.0787 e. The van der Waals surface area contributed by atoms with E-state index in [9.17, 15) is 5.11 Å². The fourth-order valence-electron chi connectivity index (χ4n) is 7.08. The molecule has 2 heteroatoms. The van der Waals surface area contributed by atoms with Crippen molar-refractivity contribution in [3.8, 4) is 0 Å². The first-order chi connectivity index (χ1) is 14.0. The smallest absolute Gasteiger partial charge is 0.0787 e. The Labute approximate surface area is 179 Å². The Hall–Kier alpha value is -0.860. The van der Waals surface area contributed by atoms with Crippen LogP contribution in [0.25, 0.3) is 0 Å². The monoisotopic (exact) mass is 397 g/mol. The number of hydrogen-bond donors (Lipinski definition) is 1. The standard InChI is InChI=1S/C27H43NO/c1-20-7-6-17-28(19-20)18-15-24-13-14-25-23(9-5-16-27(24,25)3)12-11-22-8-4-10-26(29)21(22)2/h11-12,20,24-26,29H,2,4-10,13-19H2,1,3H3/b22-11-,23-12+/t20-,24+,25?,26?,27?/m0/s1. The predicted octanol–water partition coefficient (Wildman–Crippen LogP) is 6.28. The summed E-state index contributed by atoms with van der Waals surface area (Å²) in [6.07, 6.45) is 18.5. The third-order valence-electron chi connectivity index (χ3n) is 8.93. The number of rotatable bonds is 4. The van der Waals surface area contributed by atoms with E-state index in [1.54, 1.807) is 5.57 Å². The first kappa shape index (κ1) is 21.4. The number of fused-ring (bicyclic) bond motifs is 1. The third-order valence-corrected chi connectivity index (χ3v) is 8.93. The molecule has 0 aromatic carbocycles. The maximum absolute atomic E-state index is 10.1. The van der Waals surface area contributed by atoms with E-state index in [2.05, 4.69) is 37.5 Å². The second-order valence-electron chi connectivity index (χ2n) is 10.9. The number of hydrogen-bond acceptors (Lipinski definition) is 2. The SMILES string of the molecule is C=C1/C(=C\C=C2/CCCC3(C)C2CC[C@@H]3CCN2CCC[C@H](C)C2)CCCC1O. The number of likely N-dealkylation sites (tertiary alicyclic amines) is 1. The summed E-state index contributed by atoms with van der Waals surface area (Å²) in [7, 11) is 0. The van der Waals surface area contributed by atoms with Gasteiger partial charge in [0.25, 0.3) is 0 Å². The van der Waals surface area contributed by atoms with E-state index < -0.39 is 0 Å². The Morgan fingerprint density at radius 3 is 2.79 bits per heavy atom. The fourth-order valence-corrected chi connectivity index (χ4v) is 7.08. The van der Waals surface area contributed by atoms with Gasteiger partial charge in [0.2, 0.25) is 0 Å². The van der Waals surface area contributed by atoms with Crippen molar-refractivity contribution in [1.29, 1.82) is 0 Å². The molecule has 0 amide bonds. The van der Waals surface area contributed by atoms with Crippen LogP contribution in [0.5, 0.6) is 0 Å². The van der Waals surface area contributed by atoms with Crippen LogP contribution in [0.1, 0.15) is 84.5 Å². The molecule has 0 aromatic heterocycles. The van der Waals surface area contributed by atoms with Crippen molar-refractivity contribution in [3.05, 3.63) is 35.5 Å². The zero-order chi connectivity index (χ0) is 20.4. The number of aliphatic hydroxyl groups excluding tert-OH is 1. The summed E-state index contributed by atoms with van der Waals surface area (Å²) >= 11 is 0. The van der Waals surface area contributed by atoms with Crippen LogP contribution in [0.4, 0.5) is 0 Å². The third kappa shape index (κ3) is 4.59. The van der Waals surface area contributed by atoms with Gasteiger partial charge in [-0.2, -0.15) is 0 Å². The fraction of sp³-hybridized carbons (Fsp3) is 0.778. The van der Waals surface area contributed by atoms with Crippen molar-refractivity contribution in [3.63, 3.8) is 0 Å². The molecule has 3 aliphatic carbocycles. The molecule has 0 spiro atoms. The van der Waals surface area contributed by atoms with Crippen molar-refractivity contribution >= 4 is 0 Å². The molecule has 0 bridgehead atoms. The van der Waals surface area contributed by atoms with Crippen molar-refractivity contribution < 1.29 is 5.11 Å². The highest BCUT2D eigenvalue weighted by atomic mass is 16.3. The van der Waals surface area contributed by atoms with Gasteiger partial charge in [-0.15, -0.1) is 0 Å². The maximum atomic E-state index is 10.1. The molecule has 4 aliphatic rings. The van der Waals surface area contributed by atoms with Gasteiger partial charge in [-0.1, -0.05) is 38.2 Å². The highest BCUT2D eigenvalue weighted by molar-refractivity contribution is 5.37. The molecular formula is C27H43NO. The number of allylic oxidation sites excluding steroid dienone is 3. The first-order valence-corrected chi connectivity index (χ1v) is 12.5. The van der Waals surface area contributed by atoms with Crippen LogP contribution >= 0.6 is 0 Å². The summed E-state index contributed by atoms with van der Waals surface area (Å²) in [6.45, 7) is 13.1. The van der Waals surface area contributed by atoms with Crippen LogP contribution in [0.15, 0.2) is 35.5 Å². The molecule has 3 unspecified atom stereocenters. The van der Waals surface area contributed by atoms with E-state index in [1.807, 2.05) is 0 Å². The van der Waals surface area contributed by atoms with Crippen molar-refractivity contribution in [2.75, 3.05) is 19.6 Å². The minimum atomic E-state index is -0.321. The van der Waals surface area contributed by atoms with Gasteiger partial charge in [0, 0.05) is 6.54 Å². The highest BCUT2D eigenvalue weighted by Crippen LogP contribution is 2.58. The van der Waals surface area contributed by atoms with E-state index in [1.165, 1.54) is 76.6 Å². The Morgan fingerprint density at radius 1 is 1.10 bits per heavy atom. The lowest BCUT2D eigenvalue weighted by Gasteiger charge is -2.43. The van der Waals surface area contributed by atoms with Gasteiger partial charge < -0.3 is 10.0 Å². The van der Waals surface area contributed by atoms with Crippen LogP contribution < -0.4 is 0 Å². The van der Waals surface area contributed by atoms with E-state index in [0.29, 0.717) is 5.41 Å². The van der Waals surface area contributed by atoms with Gasteiger partial charge >= 0.3 is 0 Å².